The van der Waals surface area contributed by atoms with E-state index < -0.39 is 5.82 Å². The molecule has 19 heavy (non-hydrogen) atoms. The summed E-state index contributed by atoms with van der Waals surface area (Å²) in [5.74, 6) is -0.0306. The predicted octanol–water partition coefficient (Wildman–Crippen LogP) is 2.87. The number of nitrogens with zero attached hydrogens (tertiary/aromatic N) is 2. The van der Waals surface area contributed by atoms with Crippen molar-refractivity contribution in [3.8, 4) is 22.9 Å². The largest absolute Gasteiger partial charge is 0.507 e. The van der Waals surface area contributed by atoms with E-state index in [0.29, 0.717) is 23.1 Å². The molecular weight excluding hydrogens is 247 g/mol. The van der Waals surface area contributed by atoms with Gasteiger partial charge in [-0.3, -0.25) is 0 Å². The van der Waals surface area contributed by atoms with Gasteiger partial charge < -0.3 is 9.84 Å². The van der Waals surface area contributed by atoms with Crippen molar-refractivity contribution in [2.24, 2.45) is 0 Å². The van der Waals surface area contributed by atoms with E-state index in [-0.39, 0.29) is 5.75 Å². The predicted molar refractivity (Wildman–Crippen MR) is 67.6 cm³/mol. The quantitative estimate of drug-likeness (QED) is 0.922. The molecule has 0 unspecified atom stereocenters. The first-order valence-corrected chi connectivity index (χ1v) is 6.09. The van der Waals surface area contributed by atoms with Crippen molar-refractivity contribution in [1.82, 2.24) is 9.97 Å². The Hall–Kier alpha value is -2.17. The molecule has 1 saturated carbocycles. The van der Waals surface area contributed by atoms with Gasteiger partial charge in [-0.1, -0.05) is 0 Å². The molecule has 0 radical (unpaired) electrons. The fraction of sp³-hybridized carbons (Fsp3) is 0.286. The van der Waals surface area contributed by atoms with Crippen LogP contribution in [0, 0.1) is 5.82 Å². The van der Waals surface area contributed by atoms with Crippen LogP contribution in [-0.4, -0.2) is 22.2 Å². The van der Waals surface area contributed by atoms with Crippen LogP contribution in [0.15, 0.2) is 24.4 Å². The molecule has 0 spiro atoms. The summed E-state index contributed by atoms with van der Waals surface area (Å²) in [6.45, 7) is 0. The lowest BCUT2D eigenvalue weighted by molar-refractivity contribution is 0.378. The highest BCUT2D eigenvalue weighted by atomic mass is 19.1. The zero-order valence-electron chi connectivity index (χ0n) is 10.4. The number of ether oxygens (including phenoxy) is 1. The Morgan fingerprint density at radius 2 is 2.11 bits per heavy atom. The van der Waals surface area contributed by atoms with E-state index in [1.54, 1.807) is 6.20 Å². The summed E-state index contributed by atoms with van der Waals surface area (Å²) in [5, 5.41) is 9.89. The molecular formula is C14H13FN2O2. The van der Waals surface area contributed by atoms with Crippen LogP contribution < -0.4 is 4.74 Å². The van der Waals surface area contributed by atoms with Crippen molar-refractivity contribution in [1.29, 1.82) is 0 Å². The maximum Gasteiger partial charge on any atom is 0.316 e. The third-order valence-corrected chi connectivity index (χ3v) is 3.19. The number of rotatable bonds is 3. The lowest BCUT2D eigenvalue weighted by Gasteiger charge is -2.10. The molecule has 0 bridgehead atoms. The van der Waals surface area contributed by atoms with Gasteiger partial charge in [0.1, 0.15) is 11.6 Å². The minimum absolute atomic E-state index is 0.0251. The smallest absolute Gasteiger partial charge is 0.316 e. The highest BCUT2D eigenvalue weighted by Gasteiger charge is 2.29. The Bertz CT molecular complexity index is 627. The molecule has 1 aliphatic rings. The number of benzene rings is 1. The molecule has 98 valence electrons. The summed E-state index contributed by atoms with van der Waals surface area (Å²) < 4.78 is 18.4. The number of halogens is 1. The lowest BCUT2D eigenvalue weighted by Crippen LogP contribution is -1.99. The molecule has 1 heterocycles. The molecule has 0 atom stereocenters. The van der Waals surface area contributed by atoms with Gasteiger partial charge in [0.15, 0.2) is 0 Å². The van der Waals surface area contributed by atoms with Crippen molar-refractivity contribution in [3.63, 3.8) is 0 Å². The summed E-state index contributed by atoms with van der Waals surface area (Å²) >= 11 is 0. The summed E-state index contributed by atoms with van der Waals surface area (Å²) in [4.78, 5) is 8.38. The first-order valence-electron chi connectivity index (χ1n) is 6.09. The van der Waals surface area contributed by atoms with Gasteiger partial charge in [-0.05, 0) is 31.0 Å². The fourth-order valence-corrected chi connectivity index (χ4v) is 2.08. The highest BCUT2D eigenvalue weighted by Crippen LogP contribution is 2.45. The SMILES string of the molecule is COc1ncc(-c2cc(F)ccc2O)c(C2CC2)n1. The van der Waals surface area contributed by atoms with Crippen molar-refractivity contribution in [2.75, 3.05) is 7.11 Å². The molecule has 0 saturated heterocycles. The summed E-state index contributed by atoms with van der Waals surface area (Å²) in [7, 11) is 1.51. The highest BCUT2D eigenvalue weighted by molar-refractivity contribution is 5.72. The van der Waals surface area contributed by atoms with Crippen molar-refractivity contribution >= 4 is 0 Å². The maximum absolute atomic E-state index is 13.4. The van der Waals surface area contributed by atoms with Gasteiger partial charge in [-0.25, -0.2) is 9.37 Å². The second kappa shape index (κ2) is 4.50. The fourth-order valence-electron chi connectivity index (χ4n) is 2.08. The van der Waals surface area contributed by atoms with Crippen LogP contribution in [0.5, 0.6) is 11.8 Å². The normalized spacial score (nSPS) is 14.4. The van der Waals surface area contributed by atoms with Crippen LogP contribution >= 0.6 is 0 Å². The monoisotopic (exact) mass is 260 g/mol. The number of hydrogen-bond donors (Lipinski definition) is 1. The Morgan fingerprint density at radius 1 is 1.32 bits per heavy atom. The Labute approximate surface area is 109 Å². The van der Waals surface area contributed by atoms with E-state index in [2.05, 4.69) is 9.97 Å². The van der Waals surface area contributed by atoms with Gasteiger partial charge in [-0.2, -0.15) is 4.98 Å². The van der Waals surface area contributed by atoms with Gasteiger partial charge in [0.2, 0.25) is 0 Å². The molecule has 1 aliphatic carbocycles. The first-order chi connectivity index (χ1) is 9.19. The number of phenolic OH excluding ortho intramolecular Hbond substituents is 1. The summed E-state index contributed by atoms with van der Waals surface area (Å²) in [6, 6.07) is 4.15. The molecule has 5 heteroatoms. The molecule has 0 aliphatic heterocycles. The van der Waals surface area contributed by atoms with Crippen molar-refractivity contribution in [3.05, 3.63) is 35.9 Å². The Morgan fingerprint density at radius 3 is 2.79 bits per heavy atom. The van der Waals surface area contributed by atoms with Crippen LogP contribution in [-0.2, 0) is 0 Å². The van der Waals surface area contributed by atoms with Gasteiger partial charge in [0.25, 0.3) is 0 Å². The Balaban J connectivity index is 2.15. The van der Waals surface area contributed by atoms with Crippen LogP contribution in [0.4, 0.5) is 4.39 Å². The van der Waals surface area contributed by atoms with E-state index in [1.807, 2.05) is 0 Å². The minimum atomic E-state index is -0.398. The van der Waals surface area contributed by atoms with Gasteiger partial charge >= 0.3 is 6.01 Å². The van der Waals surface area contributed by atoms with Crippen LogP contribution in [0.25, 0.3) is 11.1 Å². The van der Waals surface area contributed by atoms with Crippen LogP contribution in [0.2, 0.25) is 0 Å². The number of aromatic hydroxyl groups is 1. The van der Waals surface area contributed by atoms with E-state index in [9.17, 15) is 9.50 Å². The van der Waals surface area contributed by atoms with Crippen LogP contribution in [0.1, 0.15) is 24.5 Å². The summed E-state index contributed by atoms with van der Waals surface area (Å²) in [5.41, 5.74) is 1.90. The lowest BCUT2D eigenvalue weighted by atomic mass is 10.0. The molecule has 1 aromatic heterocycles. The molecule has 1 fully saturated rings. The molecule has 3 rings (SSSR count). The Kier molecular flexibility index (Phi) is 2.81. The maximum atomic E-state index is 13.4. The minimum Gasteiger partial charge on any atom is -0.507 e. The number of phenols is 1. The van der Waals surface area contributed by atoms with E-state index in [4.69, 9.17) is 4.74 Å². The molecule has 2 aromatic rings. The van der Waals surface area contributed by atoms with Gasteiger partial charge in [0.05, 0.1) is 12.8 Å². The van der Waals surface area contributed by atoms with E-state index >= 15 is 0 Å². The first kappa shape index (κ1) is 11.9. The third-order valence-electron chi connectivity index (χ3n) is 3.19. The average Bonchev–Trinajstić information content (AvgIpc) is 3.25. The number of hydrogen-bond acceptors (Lipinski definition) is 4. The van der Waals surface area contributed by atoms with Crippen LogP contribution in [0.3, 0.4) is 0 Å². The molecule has 1 N–H and O–H groups in total. The van der Waals surface area contributed by atoms with Crippen molar-refractivity contribution < 1.29 is 14.2 Å². The third kappa shape index (κ3) is 2.23. The topological polar surface area (TPSA) is 55.2 Å². The average molecular weight is 260 g/mol. The second-order valence-electron chi connectivity index (χ2n) is 4.59. The van der Waals surface area contributed by atoms with E-state index in [0.717, 1.165) is 18.5 Å². The second-order valence-corrected chi connectivity index (χ2v) is 4.59. The zero-order chi connectivity index (χ0) is 13.4. The molecule has 4 nitrogen and oxygen atoms in total. The molecule has 0 amide bonds. The molecule has 1 aromatic carbocycles. The number of aromatic nitrogens is 2. The summed E-state index contributed by atoms with van der Waals surface area (Å²) in [6.07, 6.45) is 3.67. The van der Waals surface area contributed by atoms with E-state index in [1.165, 1.54) is 25.3 Å². The zero-order valence-corrected chi connectivity index (χ0v) is 10.4. The van der Waals surface area contributed by atoms with Gasteiger partial charge in [0, 0.05) is 23.2 Å². The standard InChI is InChI=1S/C14H13FN2O2/c1-19-14-16-7-11(13(17-14)8-2-3-8)10-6-9(15)4-5-12(10)18/h4-8,18H,2-3H2,1H3. The van der Waals surface area contributed by atoms with Crippen molar-refractivity contribution in [2.45, 2.75) is 18.8 Å². The number of methoxy groups -OCH3 is 1. The van der Waals surface area contributed by atoms with Gasteiger partial charge in [-0.15, -0.1) is 0 Å².